The predicted molar refractivity (Wildman–Crippen MR) is 73.6 cm³/mol. The highest BCUT2D eigenvalue weighted by molar-refractivity contribution is 7.99. The number of nitrogens with one attached hydrogen (secondary N) is 1. The fourth-order valence-electron chi connectivity index (χ4n) is 1.39. The van der Waals surface area contributed by atoms with Crippen molar-refractivity contribution < 1.29 is 0 Å². The molecule has 0 aliphatic rings. The largest absolute Gasteiger partial charge is 0.315 e. The maximum atomic E-state index is 4.15. The number of thiophene rings is 1. The number of H-pyrrole nitrogens is 1. The minimum absolute atomic E-state index is 0.870. The Labute approximate surface area is 109 Å². The molecule has 2 heterocycles. The fourth-order valence-corrected chi connectivity index (χ4v) is 2.78. The predicted octanol–water partition coefficient (Wildman–Crippen LogP) is 2.58. The van der Waals surface area contributed by atoms with Gasteiger partial charge in [-0.15, -0.1) is 21.5 Å². The number of hydrogen-bond donors (Lipinski definition) is 1. The number of hydrogen-bond acceptors (Lipinski definition) is 5. The molecule has 0 spiro atoms. The van der Waals surface area contributed by atoms with E-state index in [1.165, 1.54) is 0 Å². The zero-order valence-corrected chi connectivity index (χ0v) is 11.6. The van der Waals surface area contributed by atoms with E-state index in [4.69, 9.17) is 0 Å². The summed E-state index contributed by atoms with van der Waals surface area (Å²) in [6, 6.07) is 4.07. The zero-order valence-electron chi connectivity index (χ0n) is 10.0. The molecular weight excluding hydrogens is 252 g/mol. The van der Waals surface area contributed by atoms with E-state index < -0.39 is 0 Å². The van der Waals surface area contributed by atoms with Crippen molar-refractivity contribution in [2.45, 2.75) is 11.6 Å². The van der Waals surface area contributed by atoms with Crippen LogP contribution in [0.1, 0.15) is 6.42 Å². The van der Waals surface area contributed by atoms with Crippen molar-refractivity contribution in [3.8, 4) is 10.7 Å². The van der Waals surface area contributed by atoms with E-state index in [1.54, 1.807) is 23.1 Å². The molecule has 0 fully saturated rings. The number of aromatic nitrogens is 3. The minimum atomic E-state index is 0.870. The van der Waals surface area contributed by atoms with Gasteiger partial charge < -0.3 is 9.88 Å². The topological polar surface area (TPSA) is 44.8 Å². The van der Waals surface area contributed by atoms with Crippen LogP contribution in [0.4, 0.5) is 0 Å². The average molecular weight is 268 g/mol. The summed E-state index contributed by atoms with van der Waals surface area (Å²) in [5, 5.41) is 11.2. The first-order valence-corrected chi connectivity index (χ1v) is 7.36. The number of thioether (sulfide) groups is 1. The molecule has 0 saturated heterocycles. The Bertz CT molecular complexity index is 436. The third kappa shape index (κ3) is 3.83. The average Bonchev–Trinajstić information content (AvgIpc) is 2.94. The van der Waals surface area contributed by atoms with E-state index in [9.17, 15) is 0 Å². The molecule has 1 N–H and O–H groups in total. The molecule has 2 aromatic heterocycles. The van der Waals surface area contributed by atoms with Crippen molar-refractivity contribution in [3.05, 3.63) is 17.5 Å². The van der Waals surface area contributed by atoms with Crippen LogP contribution < -0.4 is 0 Å². The highest BCUT2D eigenvalue weighted by Crippen LogP contribution is 2.23. The summed E-state index contributed by atoms with van der Waals surface area (Å²) in [4.78, 5) is 6.57. The second-order valence-corrected chi connectivity index (χ2v) is 5.99. The standard InChI is InChI=1S/C11H16N4S2/c1-15(2)6-4-8-17-11-12-10(13-14-11)9-5-3-7-16-9/h3,5,7H,4,6,8H2,1-2H3,(H,12,13,14). The molecule has 0 bridgehead atoms. The van der Waals surface area contributed by atoms with Gasteiger partial charge >= 0.3 is 0 Å². The molecule has 0 unspecified atom stereocenters. The van der Waals surface area contributed by atoms with Gasteiger partial charge in [0.15, 0.2) is 11.0 Å². The first-order chi connectivity index (χ1) is 8.25. The molecular formula is C11H16N4S2. The maximum Gasteiger partial charge on any atom is 0.188 e. The first-order valence-electron chi connectivity index (χ1n) is 5.50. The van der Waals surface area contributed by atoms with Crippen LogP contribution in [0.3, 0.4) is 0 Å². The summed E-state index contributed by atoms with van der Waals surface area (Å²) in [5.41, 5.74) is 0. The van der Waals surface area contributed by atoms with Gasteiger partial charge in [0.2, 0.25) is 0 Å². The zero-order chi connectivity index (χ0) is 12.1. The quantitative estimate of drug-likeness (QED) is 0.646. The summed E-state index contributed by atoms with van der Waals surface area (Å²) < 4.78 is 0. The maximum absolute atomic E-state index is 4.15. The Morgan fingerprint density at radius 1 is 1.41 bits per heavy atom. The summed E-state index contributed by atoms with van der Waals surface area (Å²) in [5.74, 6) is 1.94. The molecule has 17 heavy (non-hydrogen) atoms. The van der Waals surface area contributed by atoms with Crippen molar-refractivity contribution in [2.75, 3.05) is 26.4 Å². The molecule has 0 atom stereocenters. The highest BCUT2D eigenvalue weighted by Gasteiger charge is 2.06. The summed E-state index contributed by atoms with van der Waals surface area (Å²) in [6.07, 6.45) is 1.16. The Morgan fingerprint density at radius 3 is 3.00 bits per heavy atom. The van der Waals surface area contributed by atoms with Gasteiger partial charge in [-0.1, -0.05) is 17.8 Å². The van der Waals surface area contributed by atoms with Gasteiger partial charge in [0.25, 0.3) is 0 Å². The van der Waals surface area contributed by atoms with Crippen molar-refractivity contribution in [1.29, 1.82) is 0 Å². The molecule has 4 nitrogen and oxygen atoms in total. The lowest BCUT2D eigenvalue weighted by Crippen LogP contribution is -2.13. The minimum Gasteiger partial charge on any atom is -0.315 e. The lowest BCUT2D eigenvalue weighted by Gasteiger charge is -2.07. The third-order valence-electron chi connectivity index (χ3n) is 2.21. The van der Waals surface area contributed by atoms with Crippen LogP contribution in [0, 0.1) is 0 Å². The summed E-state index contributed by atoms with van der Waals surface area (Å²) in [7, 11) is 4.18. The smallest absolute Gasteiger partial charge is 0.188 e. The monoisotopic (exact) mass is 268 g/mol. The van der Waals surface area contributed by atoms with E-state index in [1.807, 2.05) is 17.5 Å². The van der Waals surface area contributed by atoms with E-state index in [0.29, 0.717) is 0 Å². The van der Waals surface area contributed by atoms with Crippen molar-refractivity contribution in [1.82, 2.24) is 20.1 Å². The van der Waals surface area contributed by atoms with Gasteiger partial charge in [-0.3, -0.25) is 0 Å². The van der Waals surface area contributed by atoms with E-state index in [2.05, 4.69) is 34.2 Å². The van der Waals surface area contributed by atoms with E-state index in [0.717, 1.165) is 34.6 Å². The molecule has 0 aliphatic carbocycles. The molecule has 0 aliphatic heterocycles. The molecule has 0 aromatic carbocycles. The summed E-state index contributed by atoms with van der Waals surface area (Å²) >= 11 is 3.40. The van der Waals surface area contributed by atoms with Crippen molar-refractivity contribution in [2.24, 2.45) is 0 Å². The molecule has 0 saturated carbocycles. The van der Waals surface area contributed by atoms with Crippen molar-refractivity contribution in [3.63, 3.8) is 0 Å². The highest BCUT2D eigenvalue weighted by atomic mass is 32.2. The van der Waals surface area contributed by atoms with Gasteiger partial charge in [-0.05, 0) is 38.5 Å². The van der Waals surface area contributed by atoms with Crippen LogP contribution in [-0.2, 0) is 0 Å². The number of aromatic amines is 1. The SMILES string of the molecule is CN(C)CCCSc1nnc(-c2cccs2)[nH]1. The van der Waals surface area contributed by atoms with Crippen molar-refractivity contribution >= 4 is 23.1 Å². The first kappa shape index (κ1) is 12.6. The van der Waals surface area contributed by atoms with Crippen LogP contribution in [0.15, 0.2) is 22.7 Å². The van der Waals surface area contributed by atoms with Gasteiger partial charge in [-0.2, -0.15) is 0 Å². The second kappa shape index (κ2) is 6.18. The molecule has 0 radical (unpaired) electrons. The van der Waals surface area contributed by atoms with Gasteiger partial charge in [-0.25, -0.2) is 0 Å². The molecule has 92 valence electrons. The summed E-state index contributed by atoms with van der Waals surface area (Å²) in [6.45, 7) is 1.11. The van der Waals surface area contributed by atoms with Gasteiger partial charge in [0.05, 0.1) is 4.88 Å². The third-order valence-corrected chi connectivity index (χ3v) is 4.04. The van der Waals surface area contributed by atoms with Crippen LogP contribution >= 0.6 is 23.1 Å². The number of nitrogens with zero attached hydrogens (tertiary/aromatic N) is 3. The fraction of sp³-hybridized carbons (Fsp3) is 0.455. The van der Waals surface area contributed by atoms with Crippen LogP contribution in [-0.4, -0.2) is 46.5 Å². The van der Waals surface area contributed by atoms with Crippen LogP contribution in [0.5, 0.6) is 0 Å². The van der Waals surface area contributed by atoms with E-state index >= 15 is 0 Å². The Hall–Kier alpha value is -0.850. The van der Waals surface area contributed by atoms with Gasteiger partial charge in [0.1, 0.15) is 0 Å². The molecule has 2 aromatic rings. The van der Waals surface area contributed by atoms with Crippen LogP contribution in [0.2, 0.25) is 0 Å². The lowest BCUT2D eigenvalue weighted by atomic mass is 10.4. The van der Waals surface area contributed by atoms with Gasteiger partial charge in [0, 0.05) is 5.75 Å². The number of rotatable bonds is 6. The second-order valence-electron chi connectivity index (χ2n) is 3.96. The normalized spacial score (nSPS) is 11.2. The Kier molecular flexibility index (Phi) is 4.58. The Morgan fingerprint density at radius 2 is 2.29 bits per heavy atom. The van der Waals surface area contributed by atoms with E-state index in [-0.39, 0.29) is 0 Å². The van der Waals surface area contributed by atoms with Crippen LogP contribution in [0.25, 0.3) is 10.7 Å². The molecule has 0 amide bonds. The Balaban J connectivity index is 1.83. The molecule has 6 heteroatoms. The lowest BCUT2D eigenvalue weighted by molar-refractivity contribution is 0.410. The molecule has 2 rings (SSSR count).